The Morgan fingerprint density at radius 1 is 1.17 bits per heavy atom. The average molecular weight is 390 g/mol. The summed E-state index contributed by atoms with van der Waals surface area (Å²) in [5.41, 5.74) is 1.23. The summed E-state index contributed by atoms with van der Waals surface area (Å²) < 4.78 is 6.28. The number of nitrogens with zero attached hydrogens (tertiary/aromatic N) is 1. The van der Waals surface area contributed by atoms with E-state index in [1.807, 2.05) is 18.2 Å². The molecule has 1 amide bonds. The number of carbonyl (C=O) groups excluding carboxylic acids is 1. The Balaban J connectivity index is 1.78. The number of benzene rings is 2. The summed E-state index contributed by atoms with van der Waals surface area (Å²) in [6.45, 7) is -0.142. The fraction of sp³-hybridized carbons (Fsp3) is 0.0625. The maximum absolute atomic E-state index is 11.8. The predicted molar refractivity (Wildman–Crippen MR) is 95.2 cm³/mol. The molecular formula is C16H12BrN3O2S. The third-order valence-corrected chi connectivity index (χ3v) is 3.44. The van der Waals surface area contributed by atoms with Gasteiger partial charge in [0, 0.05) is 10.2 Å². The Kier molecular flexibility index (Phi) is 6.09. The van der Waals surface area contributed by atoms with Gasteiger partial charge in [0.25, 0.3) is 5.91 Å². The Hall–Kier alpha value is -2.43. The molecule has 23 heavy (non-hydrogen) atoms. The Labute approximate surface area is 147 Å². The Morgan fingerprint density at radius 2 is 1.83 bits per heavy atom. The van der Waals surface area contributed by atoms with Crippen molar-refractivity contribution < 1.29 is 9.53 Å². The molecule has 2 N–H and O–H groups in total. The summed E-state index contributed by atoms with van der Waals surface area (Å²) in [5, 5.41) is 14.3. The lowest BCUT2D eigenvalue weighted by Gasteiger charge is -2.10. The monoisotopic (exact) mass is 389 g/mol. The molecule has 0 aliphatic heterocycles. The van der Waals surface area contributed by atoms with Crippen molar-refractivity contribution >= 4 is 44.9 Å². The molecular weight excluding hydrogens is 378 g/mol. The van der Waals surface area contributed by atoms with E-state index in [4.69, 9.17) is 22.2 Å². The molecule has 0 radical (unpaired) electrons. The summed E-state index contributed by atoms with van der Waals surface area (Å²) in [7, 11) is 0. The van der Waals surface area contributed by atoms with Crippen LogP contribution in [0.15, 0.2) is 53.0 Å². The highest BCUT2D eigenvalue weighted by Crippen LogP contribution is 2.15. The van der Waals surface area contributed by atoms with E-state index in [0.29, 0.717) is 17.0 Å². The first-order valence-electron chi connectivity index (χ1n) is 6.56. The first-order valence-corrected chi connectivity index (χ1v) is 7.76. The first kappa shape index (κ1) is 16.9. The summed E-state index contributed by atoms with van der Waals surface area (Å²) >= 11 is 8.37. The summed E-state index contributed by atoms with van der Waals surface area (Å²) in [6, 6.07) is 15.9. The van der Waals surface area contributed by atoms with Gasteiger partial charge in [0.1, 0.15) is 5.75 Å². The second-order valence-corrected chi connectivity index (χ2v) is 5.76. The van der Waals surface area contributed by atoms with Crippen LogP contribution in [-0.2, 0) is 4.79 Å². The van der Waals surface area contributed by atoms with Crippen molar-refractivity contribution in [3.8, 4) is 11.8 Å². The number of rotatable bonds is 4. The van der Waals surface area contributed by atoms with Crippen LogP contribution in [0.25, 0.3) is 0 Å². The summed E-state index contributed by atoms with van der Waals surface area (Å²) in [4.78, 5) is 11.8. The van der Waals surface area contributed by atoms with E-state index >= 15 is 0 Å². The molecule has 5 nitrogen and oxygen atoms in total. The number of halogens is 1. The molecule has 0 heterocycles. The van der Waals surface area contributed by atoms with Crippen LogP contribution in [0.4, 0.5) is 5.69 Å². The van der Waals surface area contributed by atoms with Gasteiger partial charge in [-0.2, -0.15) is 5.26 Å². The molecule has 0 saturated heterocycles. The first-order chi connectivity index (χ1) is 11.1. The fourth-order valence-corrected chi connectivity index (χ4v) is 2.13. The molecule has 0 aliphatic carbocycles. The zero-order valence-corrected chi connectivity index (χ0v) is 14.3. The largest absolute Gasteiger partial charge is 0.484 e. The van der Waals surface area contributed by atoms with Crippen LogP contribution in [0.1, 0.15) is 5.56 Å². The van der Waals surface area contributed by atoms with Gasteiger partial charge in [0.15, 0.2) is 11.7 Å². The SMILES string of the molecule is N#Cc1ccc(NC(=S)NC(=O)COc2ccc(Br)cc2)cc1. The van der Waals surface area contributed by atoms with Gasteiger partial charge in [-0.3, -0.25) is 10.1 Å². The molecule has 116 valence electrons. The van der Waals surface area contributed by atoms with Crippen LogP contribution in [0.3, 0.4) is 0 Å². The van der Waals surface area contributed by atoms with Gasteiger partial charge < -0.3 is 10.1 Å². The number of amides is 1. The minimum Gasteiger partial charge on any atom is -0.484 e. The van der Waals surface area contributed by atoms with Crippen molar-refractivity contribution in [2.75, 3.05) is 11.9 Å². The molecule has 0 saturated carbocycles. The minimum absolute atomic E-state index is 0.142. The van der Waals surface area contributed by atoms with Crippen LogP contribution in [0.2, 0.25) is 0 Å². The topological polar surface area (TPSA) is 74.2 Å². The van der Waals surface area contributed by atoms with Gasteiger partial charge >= 0.3 is 0 Å². The molecule has 0 fully saturated rings. The number of ether oxygens (including phenoxy) is 1. The van der Waals surface area contributed by atoms with E-state index in [0.717, 1.165) is 4.47 Å². The highest BCUT2D eigenvalue weighted by atomic mass is 79.9. The number of hydrogen-bond acceptors (Lipinski definition) is 4. The van der Waals surface area contributed by atoms with E-state index in [9.17, 15) is 4.79 Å². The van der Waals surface area contributed by atoms with Crippen molar-refractivity contribution in [2.45, 2.75) is 0 Å². The number of nitriles is 1. The number of anilines is 1. The molecule has 2 aromatic carbocycles. The van der Waals surface area contributed by atoms with Crippen molar-refractivity contribution in [2.24, 2.45) is 0 Å². The van der Waals surface area contributed by atoms with Gasteiger partial charge in [0.2, 0.25) is 0 Å². The van der Waals surface area contributed by atoms with Gasteiger partial charge in [-0.1, -0.05) is 15.9 Å². The van der Waals surface area contributed by atoms with Gasteiger partial charge in [-0.25, -0.2) is 0 Å². The number of nitrogens with one attached hydrogen (secondary N) is 2. The minimum atomic E-state index is -0.362. The molecule has 0 spiro atoms. The molecule has 2 aromatic rings. The van der Waals surface area contributed by atoms with E-state index in [1.165, 1.54) is 0 Å². The molecule has 7 heteroatoms. The fourth-order valence-electron chi connectivity index (χ4n) is 1.63. The smallest absolute Gasteiger partial charge is 0.264 e. The number of thiocarbonyl (C=S) groups is 1. The molecule has 0 bridgehead atoms. The number of carbonyl (C=O) groups is 1. The second kappa shape index (κ2) is 8.27. The second-order valence-electron chi connectivity index (χ2n) is 4.43. The third kappa shape index (κ3) is 5.70. The number of hydrogen-bond donors (Lipinski definition) is 2. The lowest BCUT2D eigenvalue weighted by molar-refractivity contribution is -0.121. The van der Waals surface area contributed by atoms with Crippen molar-refractivity contribution in [1.29, 1.82) is 5.26 Å². The van der Waals surface area contributed by atoms with Crippen LogP contribution in [0.5, 0.6) is 5.75 Å². The summed E-state index contributed by atoms with van der Waals surface area (Å²) in [5.74, 6) is 0.230. The predicted octanol–water partition coefficient (Wildman–Crippen LogP) is 3.21. The normalized spacial score (nSPS) is 9.57. The summed E-state index contributed by atoms with van der Waals surface area (Å²) in [6.07, 6.45) is 0. The van der Waals surface area contributed by atoms with Crippen molar-refractivity contribution in [3.05, 3.63) is 58.6 Å². The van der Waals surface area contributed by atoms with Crippen molar-refractivity contribution in [3.63, 3.8) is 0 Å². The third-order valence-electron chi connectivity index (χ3n) is 2.71. The van der Waals surface area contributed by atoms with Gasteiger partial charge in [0.05, 0.1) is 11.6 Å². The van der Waals surface area contributed by atoms with Gasteiger partial charge in [-0.15, -0.1) is 0 Å². The maximum atomic E-state index is 11.8. The zero-order chi connectivity index (χ0) is 16.7. The van der Waals surface area contributed by atoms with Crippen molar-refractivity contribution in [1.82, 2.24) is 5.32 Å². The molecule has 0 unspecified atom stereocenters. The zero-order valence-electron chi connectivity index (χ0n) is 11.9. The molecule has 0 aliphatic rings. The van der Waals surface area contributed by atoms with E-state index in [-0.39, 0.29) is 17.6 Å². The van der Waals surface area contributed by atoms with E-state index < -0.39 is 0 Å². The average Bonchev–Trinajstić information content (AvgIpc) is 2.55. The van der Waals surface area contributed by atoms with Crippen LogP contribution < -0.4 is 15.4 Å². The van der Waals surface area contributed by atoms with Crippen LogP contribution in [-0.4, -0.2) is 17.6 Å². The highest BCUT2D eigenvalue weighted by Gasteiger charge is 2.06. The quantitative estimate of drug-likeness (QED) is 0.785. The standard InChI is InChI=1S/C16H12BrN3O2S/c17-12-3-7-14(8-4-12)22-10-15(21)20-16(23)19-13-5-1-11(9-18)2-6-13/h1-8H,10H2,(H2,19,20,21,23). The molecule has 0 atom stereocenters. The molecule has 0 aromatic heterocycles. The van der Waals surface area contributed by atoms with Crippen LogP contribution in [0, 0.1) is 11.3 Å². The Bertz CT molecular complexity index is 739. The van der Waals surface area contributed by atoms with E-state index in [2.05, 4.69) is 26.6 Å². The van der Waals surface area contributed by atoms with Crippen LogP contribution >= 0.6 is 28.1 Å². The lowest BCUT2D eigenvalue weighted by atomic mass is 10.2. The van der Waals surface area contributed by atoms with Gasteiger partial charge in [-0.05, 0) is 60.7 Å². The highest BCUT2D eigenvalue weighted by molar-refractivity contribution is 9.10. The lowest BCUT2D eigenvalue weighted by Crippen LogP contribution is -2.37. The molecule has 2 rings (SSSR count). The maximum Gasteiger partial charge on any atom is 0.264 e. The Morgan fingerprint density at radius 3 is 2.43 bits per heavy atom. The van der Waals surface area contributed by atoms with E-state index in [1.54, 1.807) is 36.4 Å².